The van der Waals surface area contributed by atoms with Crippen molar-refractivity contribution in [1.29, 1.82) is 0 Å². The second-order valence-electron chi connectivity index (χ2n) is 9.70. The highest BCUT2D eigenvalue weighted by Gasteiger charge is 2.41. The molecule has 13 nitrogen and oxygen atoms in total. The maximum atomic E-state index is 14.8. The predicted molar refractivity (Wildman–Crippen MR) is 138 cm³/mol. The summed E-state index contributed by atoms with van der Waals surface area (Å²) in [7, 11) is 0. The number of benzene rings is 2. The van der Waals surface area contributed by atoms with E-state index in [2.05, 4.69) is 35.3 Å². The maximum absolute atomic E-state index is 14.8. The van der Waals surface area contributed by atoms with Gasteiger partial charge in [0.25, 0.3) is 5.69 Å². The van der Waals surface area contributed by atoms with Gasteiger partial charge >= 0.3 is 0 Å². The molecule has 4 aromatic rings. The van der Waals surface area contributed by atoms with Crippen molar-refractivity contribution in [2.24, 2.45) is 0 Å². The maximum Gasteiger partial charge on any atom is 0.269 e. The summed E-state index contributed by atoms with van der Waals surface area (Å²) in [6.07, 6.45) is 3.20. The zero-order valence-electron chi connectivity index (χ0n) is 21.7. The molecule has 2 aromatic carbocycles. The summed E-state index contributed by atoms with van der Waals surface area (Å²) < 4.78 is 29.8. The SMILES string of the molecule is CC(n1nnc(CCN2CCN(c3ccc([N+](=O)[O-])cc3)CC2)n1)C(O)(Cn1cncn1)c1ccc(F)cc1F. The lowest BCUT2D eigenvalue weighted by Gasteiger charge is -2.35. The lowest BCUT2D eigenvalue weighted by molar-refractivity contribution is -0.384. The molecule has 0 saturated carbocycles. The second kappa shape index (κ2) is 11.4. The summed E-state index contributed by atoms with van der Waals surface area (Å²) >= 11 is 0. The van der Waals surface area contributed by atoms with E-state index in [1.807, 2.05) is 0 Å². The summed E-state index contributed by atoms with van der Waals surface area (Å²) in [5.41, 5.74) is -1.00. The average Bonchev–Trinajstić information content (AvgIpc) is 3.64. The van der Waals surface area contributed by atoms with Crippen molar-refractivity contribution in [3.05, 3.63) is 88.3 Å². The highest BCUT2D eigenvalue weighted by molar-refractivity contribution is 5.51. The second-order valence-corrected chi connectivity index (χ2v) is 9.70. The molecule has 0 aliphatic carbocycles. The number of hydrogen-bond acceptors (Lipinski definition) is 10. The third-order valence-corrected chi connectivity index (χ3v) is 7.22. The van der Waals surface area contributed by atoms with Crippen LogP contribution in [0.25, 0.3) is 0 Å². The van der Waals surface area contributed by atoms with Crippen molar-refractivity contribution < 1.29 is 18.8 Å². The molecule has 2 atom stereocenters. The summed E-state index contributed by atoms with van der Waals surface area (Å²) in [4.78, 5) is 20.0. The van der Waals surface area contributed by atoms with Gasteiger partial charge in [-0.2, -0.15) is 9.90 Å². The molecule has 0 amide bonds. The van der Waals surface area contributed by atoms with Crippen molar-refractivity contribution in [2.45, 2.75) is 31.5 Å². The van der Waals surface area contributed by atoms with Crippen LogP contribution in [-0.4, -0.2) is 82.6 Å². The van der Waals surface area contributed by atoms with Gasteiger partial charge in [-0.1, -0.05) is 6.07 Å². The summed E-state index contributed by atoms with van der Waals surface area (Å²) in [6.45, 7) is 5.27. The molecule has 0 spiro atoms. The minimum Gasteiger partial charge on any atom is -0.381 e. The van der Waals surface area contributed by atoms with Crippen LogP contribution in [0.5, 0.6) is 0 Å². The predicted octanol–water partition coefficient (Wildman–Crippen LogP) is 1.96. The molecule has 0 bridgehead atoms. The third kappa shape index (κ3) is 5.79. The molecule has 2 aromatic heterocycles. The number of anilines is 1. The molecule has 1 aliphatic rings. The van der Waals surface area contributed by atoms with Gasteiger partial charge < -0.3 is 10.0 Å². The fourth-order valence-corrected chi connectivity index (χ4v) is 4.83. The lowest BCUT2D eigenvalue weighted by atomic mass is 9.86. The minimum absolute atomic E-state index is 0.0666. The molecule has 1 N–H and O–H groups in total. The minimum atomic E-state index is -1.89. The molecule has 40 heavy (non-hydrogen) atoms. The Balaban J connectivity index is 1.22. The van der Waals surface area contributed by atoms with Gasteiger partial charge in [0, 0.05) is 68.6 Å². The number of tetrazole rings is 1. The van der Waals surface area contributed by atoms with Crippen LogP contribution in [0.2, 0.25) is 0 Å². The summed E-state index contributed by atoms with van der Waals surface area (Å²) in [6, 6.07) is 8.66. The van der Waals surface area contributed by atoms with Crippen LogP contribution in [0, 0.1) is 21.7 Å². The zero-order valence-corrected chi connectivity index (χ0v) is 21.7. The average molecular weight is 555 g/mol. The first kappa shape index (κ1) is 27.2. The molecule has 15 heteroatoms. The molecule has 1 saturated heterocycles. The fraction of sp³-hybridized carbons (Fsp3) is 0.400. The van der Waals surface area contributed by atoms with Crippen LogP contribution in [0.1, 0.15) is 24.4 Å². The summed E-state index contributed by atoms with van der Waals surface area (Å²) in [5.74, 6) is -1.19. The van der Waals surface area contributed by atoms with Crippen LogP contribution in [0.3, 0.4) is 0 Å². The van der Waals surface area contributed by atoms with Gasteiger partial charge in [-0.25, -0.2) is 18.4 Å². The van der Waals surface area contributed by atoms with Gasteiger partial charge in [0.2, 0.25) is 0 Å². The molecule has 2 unspecified atom stereocenters. The number of nitro benzene ring substituents is 1. The fourth-order valence-electron chi connectivity index (χ4n) is 4.83. The molecule has 210 valence electrons. The topological polar surface area (TPSA) is 144 Å². The first-order chi connectivity index (χ1) is 19.2. The Labute approximate surface area is 227 Å². The molecule has 5 rings (SSSR count). The van der Waals surface area contributed by atoms with Gasteiger partial charge in [-0.05, 0) is 30.3 Å². The Kier molecular flexibility index (Phi) is 7.75. The molecule has 3 heterocycles. The van der Waals surface area contributed by atoms with Crippen molar-refractivity contribution in [3.63, 3.8) is 0 Å². The largest absolute Gasteiger partial charge is 0.381 e. The van der Waals surface area contributed by atoms with Gasteiger partial charge in [-0.3, -0.25) is 15.0 Å². The Hall–Kier alpha value is -4.37. The zero-order chi connectivity index (χ0) is 28.3. The number of nitrogens with zero attached hydrogens (tertiary/aromatic N) is 10. The van der Waals surface area contributed by atoms with E-state index in [0.29, 0.717) is 18.8 Å². The monoisotopic (exact) mass is 554 g/mol. The van der Waals surface area contributed by atoms with E-state index in [9.17, 15) is 24.0 Å². The van der Waals surface area contributed by atoms with Crippen molar-refractivity contribution in [3.8, 4) is 0 Å². The highest BCUT2D eigenvalue weighted by Crippen LogP contribution is 2.36. The Morgan fingerprint density at radius 3 is 2.52 bits per heavy atom. The van der Waals surface area contributed by atoms with E-state index in [-0.39, 0.29) is 17.8 Å². The van der Waals surface area contributed by atoms with Crippen molar-refractivity contribution in [1.82, 2.24) is 39.9 Å². The number of non-ortho nitro benzene ring substituents is 1. The molecule has 1 fully saturated rings. The smallest absolute Gasteiger partial charge is 0.269 e. The van der Waals surface area contributed by atoms with E-state index >= 15 is 0 Å². The molecule has 0 radical (unpaired) electrons. The van der Waals surface area contributed by atoms with Gasteiger partial charge in [0.15, 0.2) is 5.82 Å². The van der Waals surface area contributed by atoms with Crippen LogP contribution in [0.15, 0.2) is 55.1 Å². The Bertz CT molecular complexity index is 1440. The normalized spacial score (nSPS) is 16.6. The van der Waals surface area contributed by atoms with E-state index in [1.54, 1.807) is 19.1 Å². The highest BCUT2D eigenvalue weighted by atomic mass is 19.1. The Morgan fingerprint density at radius 1 is 1.12 bits per heavy atom. The van der Waals surface area contributed by atoms with Gasteiger partial charge in [0.05, 0.1) is 11.5 Å². The molecular weight excluding hydrogens is 526 g/mol. The lowest BCUT2D eigenvalue weighted by Crippen LogP contribution is -2.47. The van der Waals surface area contributed by atoms with Crippen LogP contribution < -0.4 is 4.90 Å². The first-order valence-electron chi connectivity index (χ1n) is 12.7. The number of rotatable bonds is 10. The Morgan fingerprint density at radius 2 is 1.88 bits per heavy atom. The van der Waals surface area contributed by atoms with E-state index in [1.165, 1.54) is 40.3 Å². The number of nitro groups is 1. The molecular formula is C25H28F2N10O3. The quantitative estimate of drug-likeness (QED) is 0.228. The number of aromatic nitrogens is 7. The van der Waals surface area contributed by atoms with Crippen LogP contribution in [-0.2, 0) is 18.6 Å². The number of piperazine rings is 1. The van der Waals surface area contributed by atoms with Crippen molar-refractivity contribution >= 4 is 11.4 Å². The standard InChI is InChI=1S/C25H28F2N10O3/c1-18(25(38,15-35-17-28-16-29-35)22-7-2-19(26)14-23(22)27)36-31-24(30-32-36)8-9-33-10-12-34(13-11-33)20-3-5-21(6-4-20)37(39)40/h2-7,14,16-18,38H,8-13,15H2,1H3. The van der Waals surface area contributed by atoms with Crippen molar-refractivity contribution in [2.75, 3.05) is 37.6 Å². The van der Waals surface area contributed by atoms with E-state index in [4.69, 9.17) is 0 Å². The van der Waals surface area contributed by atoms with E-state index < -0.39 is 28.2 Å². The van der Waals surface area contributed by atoms with Gasteiger partial charge in [-0.15, -0.1) is 10.2 Å². The first-order valence-corrected chi connectivity index (χ1v) is 12.7. The number of halogens is 2. The molecule has 1 aliphatic heterocycles. The number of hydrogen-bond donors (Lipinski definition) is 1. The van der Waals surface area contributed by atoms with Gasteiger partial charge in [0.1, 0.15) is 35.9 Å². The third-order valence-electron chi connectivity index (χ3n) is 7.22. The van der Waals surface area contributed by atoms with E-state index in [0.717, 1.165) is 44.0 Å². The van der Waals surface area contributed by atoms with Crippen LogP contribution in [0.4, 0.5) is 20.2 Å². The number of aliphatic hydroxyl groups is 1. The summed E-state index contributed by atoms with van der Waals surface area (Å²) in [5, 5.41) is 39.3. The van der Waals surface area contributed by atoms with Crippen LogP contribution >= 0.6 is 0 Å².